The molecule has 0 amide bonds. The first kappa shape index (κ1) is 45.4. The van der Waals surface area contributed by atoms with Gasteiger partial charge >= 0.3 is 63.2 Å². The molecule has 0 aliphatic rings. The van der Waals surface area contributed by atoms with Gasteiger partial charge in [0.1, 0.15) is 0 Å². The maximum Gasteiger partial charge on any atom is 0 e. The van der Waals surface area contributed by atoms with Crippen LogP contribution >= 0.6 is 9.90 Å². The van der Waals surface area contributed by atoms with Crippen molar-refractivity contribution >= 4 is 62.5 Å². The van der Waals surface area contributed by atoms with Crippen LogP contribution in [0.5, 0.6) is 0 Å². The maximum absolute atomic E-state index is 2.33. The van der Waals surface area contributed by atoms with Gasteiger partial charge in [-0.2, -0.15) is 9.90 Å². The summed E-state index contributed by atoms with van der Waals surface area (Å²) >= 11 is -0.667. The quantitative estimate of drug-likeness (QED) is 0.392. The summed E-state index contributed by atoms with van der Waals surface area (Å²) in [7, 11) is 0. The topological polar surface area (TPSA) is 0 Å². The van der Waals surface area contributed by atoms with Crippen LogP contribution in [0.1, 0.15) is 22.3 Å². The van der Waals surface area contributed by atoms with Gasteiger partial charge in [-0.25, -0.2) is 0 Å². The van der Waals surface area contributed by atoms with E-state index >= 15 is 0 Å². The van der Waals surface area contributed by atoms with Crippen LogP contribution in [0.25, 0.3) is 0 Å². The van der Waals surface area contributed by atoms with E-state index in [0.717, 1.165) is 0 Å². The average Bonchev–Trinajstić information content (AvgIpc) is 1.25. The van der Waals surface area contributed by atoms with E-state index < -0.39 is 0 Å². The van der Waals surface area contributed by atoms with Crippen molar-refractivity contribution in [3.05, 3.63) is 0 Å². The fourth-order valence-electron chi connectivity index (χ4n) is 0. The second-order valence-electron chi connectivity index (χ2n) is 3.00. The molecule has 0 bridgehead atoms. The first-order valence-electron chi connectivity index (χ1n) is 3.00. The number of rotatable bonds is 0. The molecule has 0 nitrogen and oxygen atoms in total. The molecule has 6 radical (unpaired) electrons. The van der Waals surface area contributed by atoms with Crippen molar-refractivity contribution in [2.75, 3.05) is 0 Å². The van der Waals surface area contributed by atoms with Gasteiger partial charge in [-0.1, -0.05) is 22.3 Å². The first-order chi connectivity index (χ1) is 3.46. The molecule has 0 aromatic heterocycles. The fraction of sp³-hybridized carbons (Fsp3) is 1.00. The molecule has 0 aliphatic carbocycles. The van der Waals surface area contributed by atoms with Crippen LogP contribution in [0.4, 0.5) is 0 Å². The summed E-state index contributed by atoms with van der Waals surface area (Å²) in [6.45, 7) is 0. The molecule has 4 heteroatoms. The SMILES string of the molecule is C.C.C.P.[CH3][Ge]([CH3])[CH3].[CH3][Ge]([CH3])[CH3].[Sn]. The summed E-state index contributed by atoms with van der Waals surface area (Å²) in [5, 5.41) is 0. The van der Waals surface area contributed by atoms with Crippen LogP contribution in [0.15, 0.2) is 0 Å². The summed E-state index contributed by atoms with van der Waals surface area (Å²) < 4.78 is 0. The van der Waals surface area contributed by atoms with E-state index in [2.05, 4.69) is 34.5 Å². The summed E-state index contributed by atoms with van der Waals surface area (Å²) in [5.41, 5.74) is 0. The summed E-state index contributed by atoms with van der Waals surface area (Å²) in [4.78, 5) is 0. The molecule has 0 saturated carbocycles. The van der Waals surface area contributed by atoms with Gasteiger partial charge in [0, 0.05) is 23.9 Å². The molecule has 0 saturated heterocycles. The fourth-order valence-corrected chi connectivity index (χ4v) is 0. The van der Waals surface area contributed by atoms with E-state index in [4.69, 9.17) is 0 Å². The Morgan fingerprint density at radius 1 is 0.538 bits per heavy atom. The van der Waals surface area contributed by atoms with Gasteiger partial charge in [0.25, 0.3) is 0 Å². The minimum atomic E-state index is -0.333. The molecule has 1 unspecified atom stereocenters. The monoisotopic (exact) mass is 440 g/mol. The van der Waals surface area contributed by atoms with E-state index in [1.165, 1.54) is 0 Å². The Morgan fingerprint density at radius 2 is 0.538 bits per heavy atom. The van der Waals surface area contributed by atoms with Crippen LogP contribution in [0.2, 0.25) is 34.5 Å². The molecule has 0 spiro atoms. The van der Waals surface area contributed by atoms with Crippen molar-refractivity contribution in [2.24, 2.45) is 0 Å². The van der Waals surface area contributed by atoms with Crippen LogP contribution in [-0.4, -0.2) is 52.6 Å². The number of hydrogen-bond donors (Lipinski definition) is 0. The average molecular weight is 436 g/mol. The standard InChI is InChI=1S/2C3H9Ge.3CH4.H3P.Sn/c2*1-4(2)3;;;;;/h2*1-3H3;3*1H4;1H3;. The number of hydrogen-bond acceptors (Lipinski definition) is 0. The summed E-state index contributed by atoms with van der Waals surface area (Å²) in [6, 6.07) is 0. The Balaban J connectivity index is -0.00000000800. The predicted molar refractivity (Wildman–Crippen MR) is 83.7 cm³/mol. The molecule has 1 atom stereocenters. The van der Waals surface area contributed by atoms with Gasteiger partial charge < -0.3 is 0 Å². The Kier molecular flexibility index (Phi) is 128. The van der Waals surface area contributed by atoms with Crippen molar-refractivity contribution in [3.63, 3.8) is 0 Å². The molecule has 86 valence electrons. The molecule has 0 fully saturated rings. The molecular formula is C9H33Ge2PSn. The largest absolute Gasteiger partial charge is 0 e. The van der Waals surface area contributed by atoms with Crippen molar-refractivity contribution in [3.8, 4) is 0 Å². The smallest absolute Gasteiger partial charge is 0 e. The molecule has 0 aromatic carbocycles. The maximum atomic E-state index is 2.33. The van der Waals surface area contributed by atoms with E-state index in [9.17, 15) is 0 Å². The van der Waals surface area contributed by atoms with Crippen LogP contribution in [0, 0.1) is 0 Å². The van der Waals surface area contributed by atoms with Crippen molar-refractivity contribution in [2.45, 2.75) is 56.8 Å². The zero-order chi connectivity index (χ0) is 7.15. The molecule has 0 heterocycles. The Morgan fingerprint density at radius 3 is 0.538 bits per heavy atom. The third-order valence-electron chi connectivity index (χ3n) is 0. The summed E-state index contributed by atoms with van der Waals surface area (Å²) in [5.74, 6) is 14.0. The minimum absolute atomic E-state index is 0. The third kappa shape index (κ3) is 405. The third-order valence-corrected chi connectivity index (χ3v) is 0. The molecule has 0 N–H and O–H groups in total. The Bertz CT molecular complexity index is 33.1. The van der Waals surface area contributed by atoms with Crippen molar-refractivity contribution in [1.82, 2.24) is 0 Å². The molecule has 0 aromatic rings. The van der Waals surface area contributed by atoms with Gasteiger partial charge in [0.2, 0.25) is 0 Å². The molecule has 0 rings (SSSR count). The van der Waals surface area contributed by atoms with Crippen LogP contribution in [0.3, 0.4) is 0 Å². The molecule has 13 heavy (non-hydrogen) atoms. The van der Waals surface area contributed by atoms with Gasteiger partial charge in [-0.3, -0.25) is 0 Å². The normalized spacial score (nSPS) is 5.54. The van der Waals surface area contributed by atoms with E-state index in [1.54, 1.807) is 0 Å². The summed E-state index contributed by atoms with van der Waals surface area (Å²) in [6.07, 6.45) is 0. The second kappa shape index (κ2) is 36.7. The predicted octanol–water partition coefficient (Wildman–Crippen LogP) is 4.33. The molecular weight excluding hydrogens is 403 g/mol. The van der Waals surface area contributed by atoms with Crippen LogP contribution in [-0.2, 0) is 0 Å². The van der Waals surface area contributed by atoms with Crippen LogP contribution < -0.4 is 0 Å². The van der Waals surface area contributed by atoms with E-state index in [-0.39, 0.29) is 84.8 Å². The van der Waals surface area contributed by atoms with Crippen molar-refractivity contribution in [1.29, 1.82) is 0 Å². The minimum Gasteiger partial charge on any atom is 0 e. The molecule has 0 aliphatic heterocycles. The van der Waals surface area contributed by atoms with Gasteiger partial charge in [-0.05, 0) is 0 Å². The van der Waals surface area contributed by atoms with E-state index in [1.807, 2.05) is 0 Å². The zero-order valence-corrected chi connectivity index (χ0v) is 16.7. The van der Waals surface area contributed by atoms with Gasteiger partial charge in [0.15, 0.2) is 0 Å². The zero-order valence-electron chi connectivity index (χ0n) is 8.21. The first-order valence-corrected chi connectivity index (χ1v) is 15.6. The Labute approximate surface area is 118 Å². The van der Waals surface area contributed by atoms with Crippen molar-refractivity contribution < 1.29 is 0 Å². The Hall–Kier alpha value is 2.31. The van der Waals surface area contributed by atoms with Gasteiger partial charge in [-0.15, -0.1) is 0 Å². The van der Waals surface area contributed by atoms with E-state index in [0.29, 0.717) is 0 Å². The second-order valence-corrected chi connectivity index (χ2v) is 15.6. The van der Waals surface area contributed by atoms with Gasteiger partial charge in [0.05, 0.1) is 0 Å².